The van der Waals surface area contributed by atoms with Crippen molar-refractivity contribution >= 4 is 9.84 Å². The Morgan fingerprint density at radius 3 is 2.44 bits per heavy atom. The van der Waals surface area contributed by atoms with Gasteiger partial charge in [-0.25, -0.2) is 8.42 Å². The fourth-order valence-electron chi connectivity index (χ4n) is 2.65. The van der Waals surface area contributed by atoms with Gasteiger partial charge in [0.15, 0.2) is 0 Å². The van der Waals surface area contributed by atoms with Gasteiger partial charge in [0.1, 0.15) is 9.84 Å². The summed E-state index contributed by atoms with van der Waals surface area (Å²) in [7, 11) is -2.85. The number of hydrogen-bond donors (Lipinski definition) is 1. The molecular formula is C13H28N2O2S. The average Bonchev–Trinajstić information content (AvgIpc) is 2.29. The highest BCUT2D eigenvalue weighted by Gasteiger charge is 2.27. The first-order valence-electron chi connectivity index (χ1n) is 7.11. The Labute approximate surface area is 112 Å². The van der Waals surface area contributed by atoms with E-state index in [0.29, 0.717) is 18.6 Å². The van der Waals surface area contributed by atoms with Gasteiger partial charge in [0.05, 0.1) is 5.75 Å². The Hall–Kier alpha value is -0.130. The Balaban J connectivity index is 2.54. The van der Waals surface area contributed by atoms with Crippen LogP contribution in [0.5, 0.6) is 0 Å². The highest BCUT2D eigenvalue weighted by molar-refractivity contribution is 7.90. The first kappa shape index (κ1) is 15.9. The maximum atomic E-state index is 11.3. The van der Waals surface area contributed by atoms with Gasteiger partial charge < -0.3 is 5.32 Å². The van der Waals surface area contributed by atoms with Gasteiger partial charge in [0.25, 0.3) is 0 Å². The summed E-state index contributed by atoms with van der Waals surface area (Å²) < 4.78 is 22.6. The molecule has 108 valence electrons. The van der Waals surface area contributed by atoms with E-state index in [-0.39, 0.29) is 5.75 Å². The van der Waals surface area contributed by atoms with Gasteiger partial charge in [0, 0.05) is 38.0 Å². The summed E-state index contributed by atoms with van der Waals surface area (Å²) in [6.07, 6.45) is 5.98. The lowest BCUT2D eigenvalue weighted by molar-refractivity contribution is 0.126. The predicted molar refractivity (Wildman–Crippen MR) is 76.7 cm³/mol. The Bertz CT molecular complexity index is 330. The van der Waals surface area contributed by atoms with E-state index in [2.05, 4.69) is 24.1 Å². The number of nitrogens with zero attached hydrogens (tertiary/aromatic N) is 1. The highest BCUT2D eigenvalue weighted by atomic mass is 32.2. The Kier molecular flexibility index (Phi) is 6.60. The molecule has 0 aromatic carbocycles. The Morgan fingerprint density at radius 2 is 1.89 bits per heavy atom. The van der Waals surface area contributed by atoms with E-state index < -0.39 is 9.84 Å². The van der Waals surface area contributed by atoms with E-state index in [1.165, 1.54) is 19.1 Å². The summed E-state index contributed by atoms with van der Waals surface area (Å²) in [6, 6.07) is 1.03. The summed E-state index contributed by atoms with van der Waals surface area (Å²) in [5, 5.41) is 3.59. The van der Waals surface area contributed by atoms with Gasteiger partial charge in [-0.3, -0.25) is 4.90 Å². The Morgan fingerprint density at radius 1 is 1.22 bits per heavy atom. The van der Waals surface area contributed by atoms with E-state index in [9.17, 15) is 8.42 Å². The molecule has 1 N–H and O–H groups in total. The van der Waals surface area contributed by atoms with Crippen LogP contribution in [0.15, 0.2) is 0 Å². The molecule has 4 nitrogen and oxygen atoms in total. The van der Waals surface area contributed by atoms with Crippen LogP contribution in [0.2, 0.25) is 0 Å². The standard InChI is InChI=1S/C13H28N2O2S/c1-4-6-12-11-15(8-9-18(3,16)17)13(7-5-2)10-14-12/h12-14H,4-11H2,1-3H3. The van der Waals surface area contributed by atoms with E-state index in [4.69, 9.17) is 0 Å². The normalized spacial score (nSPS) is 26.4. The fraction of sp³-hybridized carbons (Fsp3) is 1.00. The van der Waals surface area contributed by atoms with Gasteiger partial charge >= 0.3 is 0 Å². The number of sulfone groups is 1. The lowest BCUT2D eigenvalue weighted by Crippen LogP contribution is -2.57. The molecule has 0 amide bonds. The zero-order valence-corrected chi connectivity index (χ0v) is 12.8. The molecule has 2 unspecified atom stereocenters. The molecule has 0 aromatic rings. The molecule has 5 heteroatoms. The molecule has 1 saturated heterocycles. The molecule has 0 saturated carbocycles. The fourth-order valence-corrected chi connectivity index (χ4v) is 3.21. The van der Waals surface area contributed by atoms with Crippen LogP contribution < -0.4 is 5.32 Å². The molecule has 0 radical (unpaired) electrons. The largest absolute Gasteiger partial charge is 0.311 e. The molecule has 1 aliphatic heterocycles. The van der Waals surface area contributed by atoms with Crippen molar-refractivity contribution in [3.05, 3.63) is 0 Å². The third-order valence-corrected chi connectivity index (χ3v) is 4.55. The maximum absolute atomic E-state index is 11.3. The van der Waals surface area contributed by atoms with Crippen molar-refractivity contribution in [2.45, 2.75) is 51.6 Å². The van der Waals surface area contributed by atoms with E-state index in [1.807, 2.05) is 0 Å². The molecule has 1 aliphatic rings. The monoisotopic (exact) mass is 276 g/mol. The molecule has 1 rings (SSSR count). The van der Waals surface area contributed by atoms with Crippen LogP contribution in [0, 0.1) is 0 Å². The highest BCUT2D eigenvalue weighted by Crippen LogP contribution is 2.14. The number of piperazine rings is 1. The van der Waals surface area contributed by atoms with Crippen LogP contribution in [0.1, 0.15) is 39.5 Å². The van der Waals surface area contributed by atoms with Crippen molar-refractivity contribution in [2.75, 3.05) is 31.6 Å². The van der Waals surface area contributed by atoms with Crippen molar-refractivity contribution in [1.29, 1.82) is 0 Å². The molecule has 0 aliphatic carbocycles. The molecule has 0 spiro atoms. The summed E-state index contributed by atoms with van der Waals surface area (Å²) in [4.78, 5) is 2.38. The number of nitrogens with one attached hydrogen (secondary N) is 1. The van der Waals surface area contributed by atoms with E-state index >= 15 is 0 Å². The third kappa shape index (κ3) is 5.67. The van der Waals surface area contributed by atoms with Crippen LogP contribution in [0.4, 0.5) is 0 Å². The SMILES string of the molecule is CCCC1CN(CCS(C)(=O)=O)C(CCC)CN1. The first-order valence-corrected chi connectivity index (χ1v) is 9.17. The van der Waals surface area contributed by atoms with Crippen LogP contribution >= 0.6 is 0 Å². The van der Waals surface area contributed by atoms with Crippen molar-refractivity contribution < 1.29 is 8.42 Å². The smallest absolute Gasteiger partial charge is 0.148 e. The van der Waals surface area contributed by atoms with Crippen molar-refractivity contribution in [1.82, 2.24) is 10.2 Å². The van der Waals surface area contributed by atoms with Crippen LogP contribution in [-0.2, 0) is 9.84 Å². The quantitative estimate of drug-likeness (QED) is 0.761. The minimum absolute atomic E-state index is 0.284. The molecule has 0 bridgehead atoms. The second-order valence-corrected chi connectivity index (χ2v) is 7.72. The van der Waals surface area contributed by atoms with Gasteiger partial charge in [-0.2, -0.15) is 0 Å². The van der Waals surface area contributed by atoms with Gasteiger partial charge in [-0.05, 0) is 12.8 Å². The molecule has 1 heterocycles. The topological polar surface area (TPSA) is 49.4 Å². The lowest BCUT2D eigenvalue weighted by Gasteiger charge is -2.40. The van der Waals surface area contributed by atoms with Crippen molar-refractivity contribution in [3.8, 4) is 0 Å². The van der Waals surface area contributed by atoms with E-state index in [0.717, 1.165) is 25.9 Å². The minimum Gasteiger partial charge on any atom is -0.311 e. The predicted octanol–water partition coefficient (Wildman–Crippen LogP) is 1.27. The summed E-state index contributed by atoms with van der Waals surface area (Å²) in [5.41, 5.74) is 0. The zero-order chi connectivity index (χ0) is 13.6. The van der Waals surface area contributed by atoms with Gasteiger partial charge in [-0.1, -0.05) is 26.7 Å². The summed E-state index contributed by atoms with van der Waals surface area (Å²) in [6.45, 7) is 7.06. The molecule has 1 fully saturated rings. The molecular weight excluding hydrogens is 248 g/mol. The van der Waals surface area contributed by atoms with Gasteiger partial charge in [-0.15, -0.1) is 0 Å². The van der Waals surface area contributed by atoms with Gasteiger partial charge in [0.2, 0.25) is 0 Å². The van der Waals surface area contributed by atoms with Crippen LogP contribution in [0.25, 0.3) is 0 Å². The zero-order valence-electron chi connectivity index (χ0n) is 12.0. The molecule has 18 heavy (non-hydrogen) atoms. The maximum Gasteiger partial charge on any atom is 0.148 e. The van der Waals surface area contributed by atoms with Crippen molar-refractivity contribution in [2.24, 2.45) is 0 Å². The summed E-state index contributed by atoms with van der Waals surface area (Å²) in [5.74, 6) is 0.284. The van der Waals surface area contributed by atoms with E-state index in [1.54, 1.807) is 0 Å². The first-order chi connectivity index (χ1) is 8.46. The third-order valence-electron chi connectivity index (χ3n) is 3.62. The van der Waals surface area contributed by atoms with Crippen LogP contribution in [-0.4, -0.2) is 57.0 Å². The average molecular weight is 276 g/mol. The second-order valence-electron chi connectivity index (χ2n) is 5.46. The van der Waals surface area contributed by atoms with Crippen molar-refractivity contribution in [3.63, 3.8) is 0 Å². The molecule has 2 atom stereocenters. The minimum atomic E-state index is -2.85. The number of hydrogen-bond acceptors (Lipinski definition) is 4. The number of rotatable bonds is 7. The summed E-state index contributed by atoms with van der Waals surface area (Å²) >= 11 is 0. The lowest BCUT2D eigenvalue weighted by atomic mass is 10.0. The van der Waals surface area contributed by atoms with Crippen LogP contribution in [0.3, 0.4) is 0 Å². The second kappa shape index (κ2) is 7.46. The molecule has 0 aromatic heterocycles.